The molecule has 0 saturated carbocycles. The predicted molar refractivity (Wildman–Crippen MR) is 67.4 cm³/mol. The second kappa shape index (κ2) is 5.77. The standard InChI is InChI=1S/C13H16FNO4/c1-3-13(4-2,12(16)17)8-9-5-6-11(15(18)19)10(14)7-9/h5-7H,3-4,8H2,1-2H3,(H,16,17). The lowest BCUT2D eigenvalue weighted by Crippen LogP contribution is -2.32. The first-order chi connectivity index (χ1) is 8.86. The first kappa shape index (κ1) is 15.1. The number of carbonyl (C=O) groups is 1. The van der Waals surface area contributed by atoms with Crippen LogP contribution in [-0.2, 0) is 11.2 Å². The minimum Gasteiger partial charge on any atom is -0.481 e. The van der Waals surface area contributed by atoms with Crippen molar-refractivity contribution in [1.82, 2.24) is 0 Å². The maximum absolute atomic E-state index is 13.5. The molecule has 0 heterocycles. The minimum absolute atomic E-state index is 0.157. The summed E-state index contributed by atoms with van der Waals surface area (Å²) < 4.78 is 13.5. The monoisotopic (exact) mass is 269 g/mol. The Morgan fingerprint density at radius 2 is 2.00 bits per heavy atom. The number of hydrogen-bond acceptors (Lipinski definition) is 3. The summed E-state index contributed by atoms with van der Waals surface area (Å²) >= 11 is 0. The number of aliphatic carboxylic acids is 1. The van der Waals surface area contributed by atoms with E-state index >= 15 is 0 Å². The van der Waals surface area contributed by atoms with Crippen molar-refractivity contribution < 1.29 is 19.2 Å². The fraction of sp³-hybridized carbons (Fsp3) is 0.462. The molecule has 1 N–H and O–H groups in total. The molecule has 0 unspecified atom stereocenters. The SMILES string of the molecule is CCC(CC)(Cc1ccc([N+](=O)[O-])c(F)c1)C(=O)O. The molecule has 104 valence electrons. The number of halogens is 1. The summed E-state index contributed by atoms with van der Waals surface area (Å²) in [5, 5.41) is 19.8. The van der Waals surface area contributed by atoms with E-state index in [-0.39, 0.29) is 6.42 Å². The first-order valence-electron chi connectivity index (χ1n) is 6.02. The van der Waals surface area contributed by atoms with E-state index in [4.69, 9.17) is 0 Å². The van der Waals surface area contributed by atoms with Crippen molar-refractivity contribution in [2.24, 2.45) is 5.41 Å². The molecule has 6 heteroatoms. The van der Waals surface area contributed by atoms with Gasteiger partial charge in [-0.3, -0.25) is 14.9 Å². The number of carboxylic acid groups (broad SMARTS) is 1. The zero-order valence-electron chi connectivity index (χ0n) is 10.9. The second-order valence-corrected chi connectivity index (χ2v) is 4.51. The molecule has 1 aromatic carbocycles. The van der Waals surface area contributed by atoms with Crippen molar-refractivity contribution in [3.05, 3.63) is 39.7 Å². The lowest BCUT2D eigenvalue weighted by atomic mass is 9.77. The van der Waals surface area contributed by atoms with Gasteiger partial charge in [0.15, 0.2) is 0 Å². The van der Waals surface area contributed by atoms with Crippen molar-refractivity contribution >= 4 is 11.7 Å². The molecule has 0 spiro atoms. The van der Waals surface area contributed by atoms with Gasteiger partial charge < -0.3 is 5.11 Å². The Hall–Kier alpha value is -1.98. The lowest BCUT2D eigenvalue weighted by Gasteiger charge is -2.26. The van der Waals surface area contributed by atoms with Gasteiger partial charge in [-0.05, 0) is 30.9 Å². The lowest BCUT2D eigenvalue weighted by molar-refractivity contribution is -0.387. The number of rotatable bonds is 6. The number of benzene rings is 1. The van der Waals surface area contributed by atoms with Crippen LogP contribution in [0.3, 0.4) is 0 Å². The molecule has 1 rings (SSSR count). The van der Waals surface area contributed by atoms with E-state index in [1.54, 1.807) is 13.8 Å². The first-order valence-corrected chi connectivity index (χ1v) is 6.02. The highest BCUT2D eigenvalue weighted by molar-refractivity contribution is 5.75. The molecule has 5 nitrogen and oxygen atoms in total. The van der Waals surface area contributed by atoms with Crippen molar-refractivity contribution in [2.45, 2.75) is 33.1 Å². The average Bonchev–Trinajstić information content (AvgIpc) is 2.35. The van der Waals surface area contributed by atoms with Crippen LogP contribution in [0.2, 0.25) is 0 Å². The van der Waals surface area contributed by atoms with E-state index < -0.39 is 27.8 Å². The fourth-order valence-corrected chi connectivity index (χ4v) is 2.08. The van der Waals surface area contributed by atoms with Crippen molar-refractivity contribution in [2.75, 3.05) is 0 Å². The maximum Gasteiger partial charge on any atom is 0.309 e. The maximum atomic E-state index is 13.5. The topological polar surface area (TPSA) is 80.4 Å². The third kappa shape index (κ3) is 3.07. The molecule has 0 aromatic heterocycles. The Morgan fingerprint density at radius 3 is 2.37 bits per heavy atom. The Kier molecular flexibility index (Phi) is 4.58. The molecule has 19 heavy (non-hydrogen) atoms. The number of nitro benzene ring substituents is 1. The molecule has 0 aliphatic rings. The van der Waals surface area contributed by atoms with Gasteiger partial charge >= 0.3 is 11.7 Å². The summed E-state index contributed by atoms with van der Waals surface area (Å²) in [6, 6.07) is 3.52. The molecule has 0 radical (unpaired) electrons. The molecule has 0 amide bonds. The summed E-state index contributed by atoms with van der Waals surface area (Å²) in [4.78, 5) is 21.1. The summed E-state index contributed by atoms with van der Waals surface area (Å²) in [6.45, 7) is 3.53. The molecule has 0 atom stereocenters. The van der Waals surface area contributed by atoms with Gasteiger partial charge in [0.1, 0.15) is 0 Å². The van der Waals surface area contributed by atoms with Crippen LogP contribution in [0.25, 0.3) is 0 Å². The highest BCUT2D eigenvalue weighted by Gasteiger charge is 2.35. The molecular formula is C13H16FNO4. The summed E-state index contributed by atoms with van der Waals surface area (Å²) in [7, 11) is 0. The third-order valence-electron chi connectivity index (χ3n) is 3.56. The van der Waals surface area contributed by atoms with Crippen molar-refractivity contribution in [1.29, 1.82) is 0 Å². The highest BCUT2D eigenvalue weighted by Crippen LogP contribution is 2.32. The minimum atomic E-state index is -0.956. The van der Waals surface area contributed by atoms with E-state index in [2.05, 4.69) is 0 Å². The molecule has 1 aromatic rings. The van der Waals surface area contributed by atoms with Crippen LogP contribution in [0.4, 0.5) is 10.1 Å². The fourth-order valence-electron chi connectivity index (χ4n) is 2.08. The Morgan fingerprint density at radius 1 is 1.42 bits per heavy atom. The van der Waals surface area contributed by atoms with E-state index in [1.165, 1.54) is 6.07 Å². The molecule has 0 saturated heterocycles. The Bertz CT molecular complexity index is 497. The zero-order valence-corrected chi connectivity index (χ0v) is 10.9. The molecular weight excluding hydrogens is 253 g/mol. The number of hydrogen-bond donors (Lipinski definition) is 1. The number of nitro groups is 1. The normalized spacial score (nSPS) is 11.3. The summed E-state index contributed by atoms with van der Waals surface area (Å²) in [5.41, 5.74) is -1.10. The van der Waals surface area contributed by atoms with Crippen LogP contribution >= 0.6 is 0 Å². The van der Waals surface area contributed by atoms with Gasteiger partial charge in [0, 0.05) is 6.07 Å². The van der Waals surface area contributed by atoms with Gasteiger partial charge in [0.25, 0.3) is 0 Å². The van der Waals surface area contributed by atoms with Gasteiger partial charge in [-0.25, -0.2) is 0 Å². The molecule has 0 bridgehead atoms. The number of nitrogens with zero attached hydrogens (tertiary/aromatic N) is 1. The molecule has 0 aliphatic carbocycles. The van der Waals surface area contributed by atoms with Crippen LogP contribution in [0, 0.1) is 21.3 Å². The van der Waals surface area contributed by atoms with Crippen LogP contribution in [0.1, 0.15) is 32.3 Å². The molecule has 0 aliphatic heterocycles. The van der Waals surface area contributed by atoms with Crippen molar-refractivity contribution in [3.63, 3.8) is 0 Å². The summed E-state index contributed by atoms with van der Waals surface area (Å²) in [6.07, 6.45) is 0.985. The Balaban J connectivity index is 3.08. The highest BCUT2D eigenvalue weighted by atomic mass is 19.1. The van der Waals surface area contributed by atoms with Crippen LogP contribution in [-0.4, -0.2) is 16.0 Å². The van der Waals surface area contributed by atoms with Gasteiger partial charge in [-0.2, -0.15) is 4.39 Å². The number of carboxylic acids is 1. The predicted octanol–water partition coefficient (Wildman–Crippen LogP) is 3.17. The van der Waals surface area contributed by atoms with Crippen molar-refractivity contribution in [3.8, 4) is 0 Å². The quantitative estimate of drug-likeness (QED) is 0.635. The van der Waals surface area contributed by atoms with Gasteiger partial charge in [0.2, 0.25) is 5.82 Å². The largest absolute Gasteiger partial charge is 0.481 e. The van der Waals surface area contributed by atoms with Gasteiger partial charge in [0.05, 0.1) is 10.3 Å². The molecule has 0 fully saturated rings. The second-order valence-electron chi connectivity index (χ2n) is 4.51. The van der Waals surface area contributed by atoms with E-state index in [0.717, 1.165) is 12.1 Å². The van der Waals surface area contributed by atoms with Crippen LogP contribution in [0.15, 0.2) is 18.2 Å². The van der Waals surface area contributed by atoms with E-state index in [1.807, 2.05) is 0 Å². The Labute approximate surface area is 110 Å². The van der Waals surface area contributed by atoms with Gasteiger partial charge in [-0.1, -0.05) is 19.9 Å². The van der Waals surface area contributed by atoms with E-state index in [9.17, 15) is 24.4 Å². The average molecular weight is 269 g/mol. The smallest absolute Gasteiger partial charge is 0.309 e. The zero-order chi connectivity index (χ0) is 14.6. The van der Waals surface area contributed by atoms with Crippen LogP contribution in [0.5, 0.6) is 0 Å². The third-order valence-corrected chi connectivity index (χ3v) is 3.56. The summed E-state index contributed by atoms with van der Waals surface area (Å²) in [5.74, 6) is -1.87. The van der Waals surface area contributed by atoms with Crippen LogP contribution < -0.4 is 0 Å². The van der Waals surface area contributed by atoms with Gasteiger partial charge in [-0.15, -0.1) is 0 Å². The van der Waals surface area contributed by atoms with E-state index in [0.29, 0.717) is 18.4 Å².